The molecule has 1 aromatic heterocycles. The molecule has 2 aliphatic rings. The topological polar surface area (TPSA) is 103 Å². The van der Waals surface area contributed by atoms with Gasteiger partial charge < -0.3 is 20.3 Å². The summed E-state index contributed by atoms with van der Waals surface area (Å²) in [5.41, 5.74) is 4.49. The lowest BCUT2D eigenvalue weighted by Crippen LogP contribution is -2.36. The van der Waals surface area contributed by atoms with Crippen molar-refractivity contribution >= 4 is 28.9 Å². The fraction of sp³-hybridized carbons (Fsp3) is 0.333. The first kappa shape index (κ1) is 22.8. The molecule has 3 aromatic rings. The number of amides is 1. The summed E-state index contributed by atoms with van der Waals surface area (Å²) >= 11 is 0. The zero-order valence-electron chi connectivity index (χ0n) is 19.5. The molecule has 8 heteroatoms. The van der Waals surface area contributed by atoms with Crippen LogP contribution < -0.4 is 15.5 Å². The number of nitriles is 1. The standard InChI is InChI=1S/C27H28N6O2/c28-18-21-17-20(5-10-24(21)31-26(34)19-3-1-2-4-19)25-11-12-29-27(32-25)30-22-6-8-23(9-7-22)33-13-15-35-16-14-33/h5-12,17,19H,1-4,13-16H2,(H,31,34)(H,29,30,32). The van der Waals surface area contributed by atoms with Gasteiger partial charge in [-0.3, -0.25) is 4.79 Å². The highest BCUT2D eigenvalue weighted by molar-refractivity contribution is 5.94. The molecule has 1 saturated carbocycles. The highest BCUT2D eigenvalue weighted by Gasteiger charge is 2.23. The van der Waals surface area contributed by atoms with Crippen LogP contribution in [0.2, 0.25) is 0 Å². The van der Waals surface area contributed by atoms with E-state index in [0.29, 0.717) is 22.9 Å². The van der Waals surface area contributed by atoms with Crippen molar-refractivity contribution in [1.82, 2.24) is 9.97 Å². The van der Waals surface area contributed by atoms with Crippen molar-refractivity contribution in [3.8, 4) is 17.3 Å². The number of morpholine rings is 1. The van der Waals surface area contributed by atoms with Crippen LogP contribution in [0.3, 0.4) is 0 Å². The van der Waals surface area contributed by atoms with Crippen LogP contribution in [0.1, 0.15) is 31.2 Å². The molecule has 2 aromatic carbocycles. The maximum atomic E-state index is 12.5. The third kappa shape index (κ3) is 5.42. The molecule has 0 unspecified atom stereocenters. The molecule has 2 fully saturated rings. The molecular formula is C27H28N6O2. The van der Waals surface area contributed by atoms with Crippen LogP contribution >= 0.6 is 0 Å². The van der Waals surface area contributed by atoms with E-state index in [4.69, 9.17) is 4.74 Å². The monoisotopic (exact) mass is 468 g/mol. The molecule has 1 amide bonds. The molecule has 5 rings (SSSR count). The predicted molar refractivity (Wildman–Crippen MR) is 136 cm³/mol. The van der Waals surface area contributed by atoms with E-state index in [0.717, 1.165) is 68.9 Å². The number of ether oxygens (including phenoxy) is 1. The number of hydrogen-bond donors (Lipinski definition) is 2. The Morgan fingerprint density at radius 3 is 2.57 bits per heavy atom. The van der Waals surface area contributed by atoms with Gasteiger partial charge in [0.2, 0.25) is 11.9 Å². The molecule has 1 aliphatic carbocycles. The summed E-state index contributed by atoms with van der Waals surface area (Å²) < 4.78 is 5.42. The van der Waals surface area contributed by atoms with Gasteiger partial charge in [0.25, 0.3) is 0 Å². The minimum atomic E-state index is -0.0000824. The number of nitrogens with one attached hydrogen (secondary N) is 2. The summed E-state index contributed by atoms with van der Waals surface area (Å²) in [6.07, 6.45) is 5.69. The Hall–Kier alpha value is -3.96. The van der Waals surface area contributed by atoms with Crippen molar-refractivity contribution in [2.24, 2.45) is 5.92 Å². The van der Waals surface area contributed by atoms with E-state index in [-0.39, 0.29) is 11.8 Å². The van der Waals surface area contributed by atoms with Crippen molar-refractivity contribution in [3.63, 3.8) is 0 Å². The minimum absolute atomic E-state index is 0.0000824. The van der Waals surface area contributed by atoms with Gasteiger partial charge in [0, 0.05) is 42.1 Å². The number of anilines is 4. The number of aromatic nitrogens is 2. The lowest BCUT2D eigenvalue weighted by molar-refractivity contribution is -0.119. The molecule has 0 radical (unpaired) electrons. The lowest BCUT2D eigenvalue weighted by Gasteiger charge is -2.28. The van der Waals surface area contributed by atoms with Crippen molar-refractivity contribution in [2.75, 3.05) is 41.8 Å². The van der Waals surface area contributed by atoms with E-state index in [1.54, 1.807) is 24.4 Å². The fourth-order valence-corrected chi connectivity index (χ4v) is 4.61. The van der Waals surface area contributed by atoms with Gasteiger partial charge >= 0.3 is 0 Å². The quantitative estimate of drug-likeness (QED) is 0.539. The zero-order chi connectivity index (χ0) is 24.0. The maximum Gasteiger partial charge on any atom is 0.227 e. The molecule has 0 bridgehead atoms. The minimum Gasteiger partial charge on any atom is -0.378 e. The molecule has 0 spiro atoms. The van der Waals surface area contributed by atoms with E-state index in [1.807, 2.05) is 18.2 Å². The number of benzene rings is 2. The van der Waals surface area contributed by atoms with E-state index in [2.05, 4.69) is 43.7 Å². The van der Waals surface area contributed by atoms with Crippen LogP contribution in [0, 0.1) is 17.2 Å². The van der Waals surface area contributed by atoms with Crippen molar-refractivity contribution < 1.29 is 9.53 Å². The summed E-state index contributed by atoms with van der Waals surface area (Å²) in [4.78, 5) is 23.8. The van der Waals surface area contributed by atoms with E-state index < -0.39 is 0 Å². The van der Waals surface area contributed by atoms with Crippen LogP contribution in [-0.4, -0.2) is 42.2 Å². The molecule has 8 nitrogen and oxygen atoms in total. The number of hydrogen-bond acceptors (Lipinski definition) is 7. The van der Waals surface area contributed by atoms with Crippen LogP contribution in [0.4, 0.5) is 23.0 Å². The third-order valence-electron chi connectivity index (χ3n) is 6.57. The average Bonchev–Trinajstić information content (AvgIpc) is 3.45. The second-order valence-corrected chi connectivity index (χ2v) is 8.88. The van der Waals surface area contributed by atoms with Crippen molar-refractivity contribution in [3.05, 3.63) is 60.3 Å². The SMILES string of the molecule is N#Cc1cc(-c2ccnc(Nc3ccc(N4CCOCC4)cc3)n2)ccc1NC(=O)C1CCCC1. The Kier molecular flexibility index (Phi) is 6.87. The predicted octanol–water partition coefficient (Wildman–Crippen LogP) is 4.72. The van der Waals surface area contributed by atoms with Crippen LogP contribution in [0.15, 0.2) is 54.7 Å². The van der Waals surface area contributed by atoms with E-state index in [9.17, 15) is 10.1 Å². The van der Waals surface area contributed by atoms with Gasteiger partial charge in [-0.05, 0) is 55.3 Å². The highest BCUT2D eigenvalue weighted by atomic mass is 16.5. The maximum absolute atomic E-state index is 12.5. The summed E-state index contributed by atoms with van der Waals surface area (Å²) in [5.74, 6) is 0.512. The highest BCUT2D eigenvalue weighted by Crippen LogP contribution is 2.29. The Morgan fingerprint density at radius 1 is 1.06 bits per heavy atom. The van der Waals surface area contributed by atoms with E-state index >= 15 is 0 Å². The van der Waals surface area contributed by atoms with Crippen LogP contribution in [0.25, 0.3) is 11.3 Å². The zero-order valence-corrected chi connectivity index (χ0v) is 19.5. The normalized spacial score (nSPS) is 16.0. The summed E-state index contributed by atoms with van der Waals surface area (Å²) in [6, 6.07) is 17.6. The van der Waals surface area contributed by atoms with Gasteiger partial charge in [-0.25, -0.2) is 9.97 Å². The lowest BCUT2D eigenvalue weighted by atomic mass is 10.0. The van der Waals surface area contributed by atoms with Crippen LogP contribution in [0.5, 0.6) is 0 Å². The molecule has 1 aliphatic heterocycles. The molecule has 2 N–H and O–H groups in total. The summed E-state index contributed by atoms with van der Waals surface area (Å²) in [7, 11) is 0. The first-order valence-corrected chi connectivity index (χ1v) is 12.1. The summed E-state index contributed by atoms with van der Waals surface area (Å²) in [6.45, 7) is 3.29. The number of carbonyl (C=O) groups is 1. The number of nitrogens with zero attached hydrogens (tertiary/aromatic N) is 4. The molecule has 178 valence electrons. The fourth-order valence-electron chi connectivity index (χ4n) is 4.61. The molecule has 0 atom stereocenters. The largest absolute Gasteiger partial charge is 0.378 e. The number of rotatable bonds is 6. The van der Waals surface area contributed by atoms with Crippen molar-refractivity contribution in [2.45, 2.75) is 25.7 Å². The molecule has 2 heterocycles. The van der Waals surface area contributed by atoms with Gasteiger partial charge in [0.05, 0.1) is 30.2 Å². The van der Waals surface area contributed by atoms with Crippen molar-refractivity contribution in [1.29, 1.82) is 5.26 Å². The average molecular weight is 469 g/mol. The molecule has 1 saturated heterocycles. The molecule has 35 heavy (non-hydrogen) atoms. The second-order valence-electron chi connectivity index (χ2n) is 8.88. The Balaban J connectivity index is 1.29. The second kappa shape index (κ2) is 10.5. The van der Waals surface area contributed by atoms with Crippen LogP contribution in [-0.2, 0) is 9.53 Å². The Morgan fingerprint density at radius 2 is 1.83 bits per heavy atom. The van der Waals surface area contributed by atoms with Gasteiger partial charge in [0.15, 0.2) is 0 Å². The first-order valence-electron chi connectivity index (χ1n) is 12.1. The van der Waals surface area contributed by atoms with Gasteiger partial charge in [-0.15, -0.1) is 0 Å². The third-order valence-corrected chi connectivity index (χ3v) is 6.57. The van der Waals surface area contributed by atoms with Gasteiger partial charge in [0.1, 0.15) is 6.07 Å². The number of carbonyl (C=O) groups excluding carboxylic acids is 1. The van der Waals surface area contributed by atoms with E-state index in [1.165, 1.54) is 0 Å². The summed E-state index contributed by atoms with van der Waals surface area (Å²) in [5, 5.41) is 15.9. The van der Waals surface area contributed by atoms with Gasteiger partial charge in [-0.1, -0.05) is 18.9 Å². The van der Waals surface area contributed by atoms with Gasteiger partial charge in [-0.2, -0.15) is 5.26 Å². The smallest absolute Gasteiger partial charge is 0.227 e. The molecular weight excluding hydrogens is 440 g/mol. The first-order chi connectivity index (χ1) is 17.2. The Labute approximate surface area is 205 Å². The Bertz CT molecular complexity index is 1230.